The van der Waals surface area contributed by atoms with Crippen molar-refractivity contribution in [2.45, 2.75) is 76.0 Å². The molecule has 5 atom stereocenters. The zero-order valence-electron chi connectivity index (χ0n) is 25.3. The number of aliphatic hydroxyl groups is 1. The first-order valence-corrected chi connectivity index (χ1v) is 14.1. The molecular weight excluding hydrogens is 599 g/mol. The summed E-state index contributed by atoms with van der Waals surface area (Å²) < 4.78 is 43.1. The van der Waals surface area contributed by atoms with E-state index in [1.54, 1.807) is 33.4 Å². The lowest BCUT2D eigenvalue weighted by Gasteiger charge is -2.42. The quantitative estimate of drug-likeness (QED) is 0.372. The number of halogens is 3. The molecule has 5 N–H and O–H groups in total. The van der Waals surface area contributed by atoms with Crippen molar-refractivity contribution < 1.29 is 47.2 Å². The third-order valence-corrected chi connectivity index (χ3v) is 7.88. The highest BCUT2D eigenvalue weighted by molar-refractivity contribution is 5.99. The second-order valence-corrected chi connectivity index (χ2v) is 12.3. The molecule has 1 unspecified atom stereocenters. The number of carboxylic acid groups (broad SMARTS) is 1. The highest BCUT2D eigenvalue weighted by atomic mass is 19.4. The van der Waals surface area contributed by atoms with Gasteiger partial charge in [-0.05, 0) is 57.7 Å². The number of nitrogens with two attached hydrogens (primary N) is 1. The Morgan fingerprint density at radius 3 is 2.44 bits per heavy atom. The van der Waals surface area contributed by atoms with Crippen molar-refractivity contribution in [3.05, 3.63) is 53.9 Å². The van der Waals surface area contributed by atoms with Crippen LogP contribution in [-0.2, 0) is 14.4 Å². The molecule has 3 aliphatic rings. The summed E-state index contributed by atoms with van der Waals surface area (Å²) in [4.78, 5) is 46.2. The first kappa shape index (κ1) is 33.5. The zero-order valence-corrected chi connectivity index (χ0v) is 25.3. The molecule has 244 valence electrons. The van der Waals surface area contributed by atoms with Crippen LogP contribution in [0.25, 0.3) is 0 Å². The molecule has 15 heteroatoms. The fraction of sp³-hybridized carbons (Fsp3) is 0.500. The van der Waals surface area contributed by atoms with Crippen molar-refractivity contribution in [1.29, 1.82) is 0 Å². The topological polar surface area (TPSA) is 177 Å². The third kappa shape index (κ3) is 7.30. The van der Waals surface area contributed by atoms with Crippen molar-refractivity contribution in [2.75, 3.05) is 7.11 Å². The number of guanidine groups is 1. The summed E-state index contributed by atoms with van der Waals surface area (Å²) in [5.41, 5.74) is 6.30. The molecule has 2 aliphatic heterocycles. The normalized spacial score (nSPS) is 25.3. The number of benzene rings is 1. The summed E-state index contributed by atoms with van der Waals surface area (Å²) in [7, 11) is 1.55. The van der Waals surface area contributed by atoms with Gasteiger partial charge < -0.3 is 30.7 Å². The van der Waals surface area contributed by atoms with E-state index >= 15 is 0 Å². The fourth-order valence-electron chi connectivity index (χ4n) is 5.61. The van der Waals surface area contributed by atoms with Gasteiger partial charge in [0, 0.05) is 17.7 Å². The summed E-state index contributed by atoms with van der Waals surface area (Å²) in [6, 6.07) is 8.03. The smallest absolute Gasteiger partial charge is 0.490 e. The molecule has 0 spiro atoms. The van der Waals surface area contributed by atoms with Crippen molar-refractivity contribution in [1.82, 2.24) is 15.2 Å². The van der Waals surface area contributed by atoms with Gasteiger partial charge in [-0.1, -0.05) is 18.2 Å². The van der Waals surface area contributed by atoms with E-state index in [0.717, 1.165) is 5.56 Å². The molecule has 3 heterocycles. The number of carboxylic acids is 1. The molecule has 2 aromatic rings. The number of alkyl halides is 3. The van der Waals surface area contributed by atoms with Crippen molar-refractivity contribution >= 4 is 23.7 Å². The van der Waals surface area contributed by atoms with Gasteiger partial charge in [0.15, 0.2) is 5.96 Å². The number of ether oxygens (including phenoxy) is 2. The minimum absolute atomic E-state index is 0.126. The van der Waals surface area contributed by atoms with Gasteiger partial charge in [0.2, 0.25) is 11.8 Å². The van der Waals surface area contributed by atoms with E-state index in [0.29, 0.717) is 23.5 Å². The van der Waals surface area contributed by atoms with Crippen molar-refractivity contribution in [2.24, 2.45) is 22.6 Å². The number of methoxy groups -OCH3 is 1. The molecule has 12 nitrogen and oxygen atoms in total. The maximum absolute atomic E-state index is 13.6. The number of fused-ring (bicyclic) bond motifs is 1. The minimum Gasteiger partial charge on any atom is -0.495 e. The second kappa shape index (κ2) is 12.2. The number of nitrogens with one attached hydrogen (secondary N) is 1. The van der Waals surface area contributed by atoms with Gasteiger partial charge in [0.1, 0.15) is 23.2 Å². The van der Waals surface area contributed by atoms with Crippen LogP contribution in [0.15, 0.2) is 47.7 Å². The van der Waals surface area contributed by atoms with E-state index < -0.39 is 47.4 Å². The number of carbonyl (C=O) groups excluding carboxylic acids is 2. The number of pyridine rings is 1. The van der Waals surface area contributed by atoms with Crippen molar-refractivity contribution in [3.8, 4) is 11.5 Å². The molecule has 5 rings (SSSR count). The molecule has 0 radical (unpaired) electrons. The van der Waals surface area contributed by atoms with Crippen LogP contribution in [0, 0.1) is 11.8 Å². The van der Waals surface area contributed by atoms with Crippen LogP contribution in [-0.4, -0.2) is 74.4 Å². The molecular formula is C30H36F3N5O7. The van der Waals surface area contributed by atoms with Gasteiger partial charge in [-0.3, -0.25) is 19.5 Å². The molecule has 1 aliphatic carbocycles. The molecule has 1 aromatic heterocycles. The maximum Gasteiger partial charge on any atom is 0.490 e. The molecule has 2 amide bonds. The Bertz CT molecular complexity index is 1500. The second-order valence-electron chi connectivity index (χ2n) is 12.3. The Balaban J connectivity index is 0.000000591. The number of carbonyl (C=O) groups is 3. The number of aliphatic hydroxyl groups excluding tert-OH is 1. The lowest BCUT2D eigenvalue weighted by molar-refractivity contribution is -0.192. The monoisotopic (exact) mass is 635 g/mol. The Labute approximate surface area is 257 Å². The van der Waals surface area contributed by atoms with E-state index in [2.05, 4.69) is 15.3 Å². The molecule has 0 bridgehead atoms. The number of hydrogen-bond acceptors (Lipinski definition) is 9. The first-order valence-electron chi connectivity index (χ1n) is 14.1. The van der Waals surface area contributed by atoms with Crippen LogP contribution in [0.1, 0.15) is 63.7 Å². The van der Waals surface area contributed by atoms with Crippen molar-refractivity contribution in [3.63, 3.8) is 0 Å². The van der Waals surface area contributed by atoms with Crippen LogP contribution in [0.3, 0.4) is 0 Å². The number of aliphatic carboxylic acids is 1. The van der Waals surface area contributed by atoms with Crippen LogP contribution in [0.5, 0.6) is 11.5 Å². The van der Waals surface area contributed by atoms with Crippen LogP contribution < -0.4 is 20.5 Å². The Morgan fingerprint density at radius 2 is 1.84 bits per heavy atom. The minimum atomic E-state index is -5.08. The van der Waals surface area contributed by atoms with Gasteiger partial charge in [-0.15, -0.1) is 0 Å². The number of nitrogens with zero attached hydrogens (tertiary/aromatic N) is 3. The summed E-state index contributed by atoms with van der Waals surface area (Å²) in [5.74, 6) is -2.43. The number of amides is 2. The predicted octanol–water partition coefficient (Wildman–Crippen LogP) is 3.12. The average Bonchev–Trinajstić information content (AvgIpc) is 3.73. The van der Waals surface area contributed by atoms with E-state index in [4.69, 9.17) is 25.1 Å². The highest BCUT2D eigenvalue weighted by Crippen LogP contribution is 2.52. The lowest BCUT2D eigenvalue weighted by Crippen LogP contribution is -2.54. The predicted molar refractivity (Wildman–Crippen MR) is 154 cm³/mol. The average molecular weight is 636 g/mol. The van der Waals surface area contributed by atoms with Crippen LogP contribution in [0.2, 0.25) is 0 Å². The van der Waals surface area contributed by atoms with E-state index in [1.807, 2.05) is 44.2 Å². The lowest BCUT2D eigenvalue weighted by atomic mass is 9.86. The number of aliphatic imine (C=N–C) groups is 1. The largest absolute Gasteiger partial charge is 0.495 e. The highest BCUT2D eigenvalue weighted by Gasteiger charge is 2.54. The number of aromatic nitrogens is 1. The zero-order chi connectivity index (χ0) is 33.5. The standard InChI is InChI=1S/C28H35N5O5.C2HF3O2/c1-27(2)12-21(34)33(26(29)32-27)23(15-10-16(37-5)14-30-13-15)18-11-19(18)25(36)31-22-17-8-6-7-9-20(17)38-28(3,4)24(22)35;3-2(4,5)1(6)7/h6-10,13-14,18-19,22-24,35H,11-12H2,1-5H3,(H2,29,32)(H,31,36);(H,6,7)/t18-,19-,22-,23?,24+;/m1./s1. The molecule has 0 saturated heterocycles. The number of rotatable bonds is 6. The third-order valence-electron chi connectivity index (χ3n) is 7.88. The van der Waals surface area contributed by atoms with Gasteiger partial charge in [-0.25, -0.2) is 9.79 Å². The van der Waals surface area contributed by atoms with Crippen LogP contribution >= 0.6 is 0 Å². The Morgan fingerprint density at radius 1 is 1.20 bits per heavy atom. The molecule has 45 heavy (non-hydrogen) atoms. The summed E-state index contributed by atoms with van der Waals surface area (Å²) >= 11 is 0. The fourth-order valence-corrected chi connectivity index (χ4v) is 5.61. The number of hydrogen-bond donors (Lipinski definition) is 4. The van der Waals surface area contributed by atoms with Gasteiger partial charge >= 0.3 is 12.1 Å². The summed E-state index contributed by atoms with van der Waals surface area (Å²) in [5, 5.41) is 21.3. The Kier molecular flexibility index (Phi) is 9.07. The van der Waals surface area contributed by atoms with E-state index in [1.165, 1.54) is 4.90 Å². The molecule has 1 aromatic carbocycles. The van der Waals surface area contributed by atoms with Gasteiger partial charge in [0.05, 0.1) is 37.4 Å². The molecule has 1 saturated carbocycles. The van der Waals surface area contributed by atoms with E-state index in [9.17, 15) is 27.9 Å². The SMILES string of the molecule is COc1cncc(C([C@@H]2C[C@H]2C(=O)N[C@@H]2c3ccccc3OC(C)(C)[C@H]2O)N2C(=O)CC(C)(C)N=C2N)c1.O=C(O)C(F)(F)F. The Hall–Kier alpha value is -4.40. The number of para-hydroxylation sites is 1. The van der Waals surface area contributed by atoms with Crippen LogP contribution in [0.4, 0.5) is 13.2 Å². The first-order chi connectivity index (χ1) is 20.9. The van der Waals surface area contributed by atoms with Gasteiger partial charge in [-0.2, -0.15) is 13.2 Å². The van der Waals surface area contributed by atoms with Gasteiger partial charge in [0.25, 0.3) is 0 Å². The summed E-state index contributed by atoms with van der Waals surface area (Å²) in [6.45, 7) is 7.32. The molecule has 1 fully saturated rings. The maximum atomic E-state index is 13.6. The summed E-state index contributed by atoms with van der Waals surface area (Å²) in [6.07, 6.45) is -2.04. The van der Waals surface area contributed by atoms with E-state index in [-0.39, 0.29) is 30.1 Å².